The predicted molar refractivity (Wildman–Crippen MR) is 108 cm³/mol. The Bertz CT molecular complexity index is 192. The van der Waals surface area contributed by atoms with Gasteiger partial charge in [0.15, 0.2) is 0 Å². The van der Waals surface area contributed by atoms with Gasteiger partial charge >= 0.3 is 0 Å². The van der Waals surface area contributed by atoms with Gasteiger partial charge in [0.1, 0.15) is 0 Å². The second-order valence-electron chi connectivity index (χ2n) is 5.83. The van der Waals surface area contributed by atoms with Crippen LogP contribution in [0.2, 0.25) is 0 Å². The molecule has 0 aromatic heterocycles. The molecule has 0 spiro atoms. The van der Waals surface area contributed by atoms with Gasteiger partial charge in [-0.1, -0.05) is 59.0 Å². The van der Waals surface area contributed by atoms with E-state index in [-0.39, 0.29) is 7.43 Å². The maximum Gasteiger partial charge on any atom is 0.00470 e. The van der Waals surface area contributed by atoms with E-state index in [4.69, 9.17) is 0 Å². The summed E-state index contributed by atoms with van der Waals surface area (Å²) in [5.41, 5.74) is 0. The molecule has 0 aromatic carbocycles. The van der Waals surface area contributed by atoms with E-state index in [1.807, 2.05) is 6.92 Å². The van der Waals surface area contributed by atoms with Gasteiger partial charge in [-0.15, -0.1) is 6.58 Å². The molecule has 21 heavy (non-hydrogen) atoms. The van der Waals surface area contributed by atoms with Crippen LogP contribution in [-0.2, 0) is 0 Å². The summed E-state index contributed by atoms with van der Waals surface area (Å²) in [5, 5.41) is 1.75. The van der Waals surface area contributed by atoms with Gasteiger partial charge in [0.2, 0.25) is 0 Å². The van der Waals surface area contributed by atoms with Crippen molar-refractivity contribution in [3.8, 4) is 0 Å². The Hall–Kier alpha value is 0.440. The third-order valence-corrected chi connectivity index (χ3v) is 5.79. The lowest BCUT2D eigenvalue weighted by atomic mass is 10.0. The van der Waals surface area contributed by atoms with E-state index < -0.39 is 0 Å². The monoisotopic (exact) mass is 332 g/mol. The zero-order chi connectivity index (χ0) is 15.1. The first-order valence-electron chi connectivity index (χ1n) is 8.61. The van der Waals surface area contributed by atoms with Crippen molar-refractivity contribution in [2.75, 3.05) is 5.75 Å². The molecule has 0 bridgehead atoms. The molecule has 0 saturated heterocycles. The highest BCUT2D eigenvalue weighted by Gasteiger charge is 2.12. The van der Waals surface area contributed by atoms with Crippen LogP contribution in [0.1, 0.15) is 91.9 Å². The molecule has 2 saturated carbocycles. The lowest BCUT2D eigenvalue weighted by molar-refractivity contribution is 0.516. The standard InChI is InChI=1S/C9H18S.C6H12S.C3H6.CH4/c1-2-8-10-9-6-4-3-5-7-9;7-6-4-2-1-3-5-6;1-3-2;/h9H,2-8H2,1H3;6-7H,1-5H2;3H,1H2,2H3;1H4. The van der Waals surface area contributed by atoms with Gasteiger partial charge in [0.05, 0.1) is 0 Å². The molecule has 0 heterocycles. The second-order valence-corrected chi connectivity index (χ2v) is 7.97. The molecular weight excluding hydrogens is 292 g/mol. The molecule has 2 aliphatic rings. The molecule has 0 N–H and O–H groups in total. The number of hydrogen-bond donors (Lipinski definition) is 1. The van der Waals surface area contributed by atoms with Crippen LogP contribution in [0.15, 0.2) is 12.7 Å². The topological polar surface area (TPSA) is 0 Å². The van der Waals surface area contributed by atoms with Crippen molar-refractivity contribution in [2.24, 2.45) is 0 Å². The SMILES string of the molecule is C.C=CC.CCCSC1CCCCC1.SC1CCCCC1. The molecule has 0 aliphatic heterocycles. The molecule has 0 amide bonds. The Morgan fingerprint density at radius 3 is 1.76 bits per heavy atom. The Balaban J connectivity index is 0. The van der Waals surface area contributed by atoms with Gasteiger partial charge in [-0.3, -0.25) is 0 Å². The molecular formula is C19H40S2. The summed E-state index contributed by atoms with van der Waals surface area (Å²) in [4.78, 5) is 0. The van der Waals surface area contributed by atoms with Crippen molar-refractivity contribution in [1.82, 2.24) is 0 Å². The molecule has 128 valence electrons. The minimum atomic E-state index is 0. The molecule has 0 atom stereocenters. The van der Waals surface area contributed by atoms with Crippen LogP contribution >= 0.6 is 24.4 Å². The predicted octanol–water partition coefficient (Wildman–Crippen LogP) is 7.54. The molecule has 2 aliphatic carbocycles. The van der Waals surface area contributed by atoms with Crippen LogP contribution in [0.25, 0.3) is 0 Å². The number of hydrogen-bond acceptors (Lipinski definition) is 2. The summed E-state index contributed by atoms with van der Waals surface area (Å²) in [7, 11) is 0. The van der Waals surface area contributed by atoms with E-state index in [0.717, 1.165) is 10.5 Å². The fourth-order valence-corrected chi connectivity index (χ4v) is 4.20. The Morgan fingerprint density at radius 2 is 1.43 bits per heavy atom. The maximum absolute atomic E-state index is 4.36. The van der Waals surface area contributed by atoms with E-state index >= 15 is 0 Å². The van der Waals surface area contributed by atoms with Gasteiger partial charge in [-0.05, 0) is 44.8 Å². The summed E-state index contributed by atoms with van der Waals surface area (Å²) < 4.78 is 0. The van der Waals surface area contributed by atoms with Gasteiger partial charge in [0.25, 0.3) is 0 Å². The summed E-state index contributed by atoms with van der Waals surface area (Å²) >= 11 is 6.56. The Labute approximate surface area is 145 Å². The van der Waals surface area contributed by atoms with Gasteiger partial charge in [-0.2, -0.15) is 24.4 Å². The molecule has 0 nitrogen and oxygen atoms in total. The van der Waals surface area contributed by atoms with E-state index in [9.17, 15) is 0 Å². The Kier molecular flexibility index (Phi) is 20.9. The second kappa shape index (κ2) is 18.5. The van der Waals surface area contributed by atoms with Gasteiger partial charge in [-0.25, -0.2) is 0 Å². The minimum absolute atomic E-state index is 0. The van der Waals surface area contributed by atoms with Crippen LogP contribution in [0.3, 0.4) is 0 Å². The van der Waals surface area contributed by atoms with E-state index in [1.54, 1.807) is 6.08 Å². The normalized spacial score (nSPS) is 19.2. The van der Waals surface area contributed by atoms with Crippen molar-refractivity contribution >= 4 is 24.4 Å². The zero-order valence-electron chi connectivity index (χ0n) is 13.8. The fraction of sp³-hybridized carbons (Fsp3) is 0.895. The third-order valence-electron chi connectivity index (χ3n) is 3.68. The third kappa shape index (κ3) is 16.6. The lowest BCUT2D eigenvalue weighted by Crippen LogP contribution is -2.08. The molecule has 0 radical (unpaired) electrons. The molecule has 2 fully saturated rings. The molecule has 0 unspecified atom stereocenters. The maximum atomic E-state index is 4.36. The van der Waals surface area contributed by atoms with E-state index in [1.165, 1.54) is 76.4 Å². The lowest BCUT2D eigenvalue weighted by Gasteiger charge is -2.20. The molecule has 2 rings (SSSR count). The van der Waals surface area contributed by atoms with Crippen molar-refractivity contribution in [3.05, 3.63) is 12.7 Å². The van der Waals surface area contributed by atoms with Crippen molar-refractivity contribution in [1.29, 1.82) is 0 Å². The van der Waals surface area contributed by atoms with Crippen molar-refractivity contribution in [3.63, 3.8) is 0 Å². The average molecular weight is 333 g/mol. The quantitative estimate of drug-likeness (QED) is 0.411. The first-order chi connectivity index (χ1) is 9.74. The van der Waals surface area contributed by atoms with E-state index in [0.29, 0.717) is 0 Å². The fourth-order valence-electron chi connectivity index (χ4n) is 2.60. The van der Waals surface area contributed by atoms with E-state index in [2.05, 4.69) is 37.9 Å². The highest BCUT2D eigenvalue weighted by atomic mass is 32.2. The summed E-state index contributed by atoms with van der Waals surface area (Å²) in [6.07, 6.45) is 17.5. The van der Waals surface area contributed by atoms with Crippen LogP contribution in [-0.4, -0.2) is 16.3 Å². The average Bonchev–Trinajstić information content (AvgIpc) is 2.48. The minimum Gasteiger partial charge on any atom is -0.176 e. The summed E-state index contributed by atoms with van der Waals surface area (Å²) in [6.45, 7) is 7.52. The van der Waals surface area contributed by atoms with Crippen LogP contribution in [0.5, 0.6) is 0 Å². The number of rotatable bonds is 3. The zero-order valence-corrected chi connectivity index (χ0v) is 15.5. The highest BCUT2D eigenvalue weighted by molar-refractivity contribution is 7.99. The highest BCUT2D eigenvalue weighted by Crippen LogP contribution is 2.28. The first-order valence-corrected chi connectivity index (χ1v) is 10.2. The van der Waals surface area contributed by atoms with Crippen LogP contribution in [0, 0.1) is 0 Å². The van der Waals surface area contributed by atoms with Gasteiger partial charge < -0.3 is 0 Å². The van der Waals surface area contributed by atoms with Crippen molar-refractivity contribution < 1.29 is 0 Å². The summed E-state index contributed by atoms with van der Waals surface area (Å²) in [6, 6.07) is 0. The largest absolute Gasteiger partial charge is 0.176 e. The Morgan fingerprint density at radius 1 is 1.00 bits per heavy atom. The van der Waals surface area contributed by atoms with Crippen LogP contribution < -0.4 is 0 Å². The van der Waals surface area contributed by atoms with Crippen LogP contribution in [0.4, 0.5) is 0 Å². The number of thioether (sulfide) groups is 1. The first kappa shape index (κ1) is 23.7. The van der Waals surface area contributed by atoms with Gasteiger partial charge in [0, 0.05) is 10.5 Å². The van der Waals surface area contributed by atoms with Crippen molar-refractivity contribution in [2.45, 2.75) is 102 Å². The number of thiol groups is 1. The molecule has 2 heteroatoms. The smallest absolute Gasteiger partial charge is 0.00470 e. The number of allylic oxidation sites excluding steroid dienone is 1. The summed E-state index contributed by atoms with van der Waals surface area (Å²) in [5.74, 6) is 1.38. The molecule has 0 aromatic rings.